The lowest BCUT2D eigenvalue weighted by Crippen LogP contribution is -2.38. The number of nitrogens with zero attached hydrogens (tertiary/aromatic N) is 3. The molecule has 0 spiro atoms. The van der Waals surface area contributed by atoms with Crippen LogP contribution in [0.1, 0.15) is 57.5 Å². The Morgan fingerprint density at radius 2 is 1.85 bits per heavy atom. The van der Waals surface area contributed by atoms with E-state index in [4.69, 9.17) is 0 Å². The summed E-state index contributed by atoms with van der Waals surface area (Å²) in [5, 5.41) is 17.7. The zero-order valence-corrected chi connectivity index (χ0v) is 20.0. The molecule has 4 rings (SSSR count). The van der Waals surface area contributed by atoms with Gasteiger partial charge in [0.1, 0.15) is 4.83 Å². The molecule has 0 saturated carbocycles. The lowest BCUT2D eigenvalue weighted by atomic mass is 9.86. The second-order valence-corrected chi connectivity index (χ2v) is 9.70. The largest absolute Gasteiger partial charge is 0.478 e. The molecule has 1 aromatic carbocycles. The van der Waals surface area contributed by atoms with E-state index in [2.05, 4.69) is 10.2 Å². The van der Waals surface area contributed by atoms with Gasteiger partial charge in [0, 0.05) is 35.6 Å². The quantitative estimate of drug-likeness (QED) is 0.451. The number of nitrogens with one attached hydrogen (secondary N) is 1. The Morgan fingerprint density at radius 3 is 2.39 bits per heavy atom. The molecule has 4 aromatic rings. The lowest BCUT2D eigenvalue weighted by molar-refractivity contribution is 0.0698. The maximum atomic E-state index is 13.2. The number of carbonyl (C=O) groups is 1. The lowest BCUT2D eigenvalue weighted by Gasteiger charge is -2.18. The van der Waals surface area contributed by atoms with Gasteiger partial charge in [-0.05, 0) is 25.3 Å². The van der Waals surface area contributed by atoms with Gasteiger partial charge in [-0.1, -0.05) is 44.2 Å². The number of H-pyrrole nitrogens is 1. The number of aromatic amines is 1. The average molecular weight is 467 g/mol. The average Bonchev–Trinajstić information content (AvgIpc) is 3.32. The molecule has 3 aromatic heterocycles. The van der Waals surface area contributed by atoms with Gasteiger partial charge < -0.3 is 5.11 Å². The fourth-order valence-corrected chi connectivity index (χ4v) is 5.79. The highest BCUT2D eigenvalue weighted by Crippen LogP contribution is 2.43. The van der Waals surface area contributed by atoms with E-state index >= 15 is 0 Å². The van der Waals surface area contributed by atoms with Crippen LogP contribution in [0.2, 0.25) is 0 Å². The summed E-state index contributed by atoms with van der Waals surface area (Å²) in [6, 6.07) is 9.57. The van der Waals surface area contributed by atoms with Crippen molar-refractivity contribution in [3.63, 3.8) is 0 Å². The number of hydrogen-bond donors (Lipinski definition) is 2. The van der Waals surface area contributed by atoms with Gasteiger partial charge in [0.2, 0.25) is 0 Å². The van der Waals surface area contributed by atoms with E-state index in [1.807, 2.05) is 58.0 Å². The predicted molar refractivity (Wildman–Crippen MR) is 129 cm³/mol. The molecule has 2 N–H and O–H groups in total. The summed E-state index contributed by atoms with van der Waals surface area (Å²) in [5.74, 6) is -1.52. The molecule has 0 bridgehead atoms. The minimum atomic E-state index is -1.19. The van der Waals surface area contributed by atoms with E-state index in [9.17, 15) is 19.5 Å². The van der Waals surface area contributed by atoms with Crippen molar-refractivity contribution >= 4 is 27.5 Å². The third kappa shape index (κ3) is 3.72. The summed E-state index contributed by atoms with van der Waals surface area (Å²) in [7, 11) is 1.39. The highest BCUT2D eigenvalue weighted by atomic mass is 32.1. The van der Waals surface area contributed by atoms with Crippen LogP contribution in [0.4, 0.5) is 0 Å². The van der Waals surface area contributed by atoms with Gasteiger partial charge in [0.05, 0.1) is 16.6 Å². The molecule has 1 atom stereocenters. The molecule has 0 aliphatic rings. The first-order chi connectivity index (χ1) is 15.6. The summed E-state index contributed by atoms with van der Waals surface area (Å²) >= 11 is 1.20. The van der Waals surface area contributed by atoms with Crippen LogP contribution >= 0.6 is 11.3 Å². The van der Waals surface area contributed by atoms with Crippen LogP contribution in [0, 0.1) is 19.8 Å². The molecular weight excluding hydrogens is 440 g/mol. The maximum Gasteiger partial charge on any atom is 0.337 e. The molecule has 0 aliphatic carbocycles. The van der Waals surface area contributed by atoms with Gasteiger partial charge in [-0.25, -0.2) is 9.59 Å². The van der Waals surface area contributed by atoms with Crippen LogP contribution in [0.3, 0.4) is 0 Å². The number of benzene rings is 1. The van der Waals surface area contributed by atoms with Gasteiger partial charge in [0.15, 0.2) is 0 Å². The summed E-state index contributed by atoms with van der Waals surface area (Å²) in [6.45, 7) is 8.09. The van der Waals surface area contributed by atoms with Crippen molar-refractivity contribution in [3.8, 4) is 0 Å². The number of hydrogen-bond acceptors (Lipinski definition) is 5. The van der Waals surface area contributed by atoms with Crippen LogP contribution in [0.25, 0.3) is 10.2 Å². The Kier molecular flexibility index (Phi) is 5.84. The second-order valence-electron chi connectivity index (χ2n) is 8.67. The highest BCUT2D eigenvalue weighted by molar-refractivity contribution is 7.19. The molecule has 8 nitrogen and oxygen atoms in total. The van der Waals surface area contributed by atoms with Gasteiger partial charge in [-0.15, -0.1) is 11.3 Å². The molecule has 0 saturated heterocycles. The smallest absolute Gasteiger partial charge is 0.337 e. The number of aryl methyl sites for hydroxylation is 2. The highest BCUT2D eigenvalue weighted by Gasteiger charge is 2.33. The predicted octanol–water partition coefficient (Wildman–Crippen LogP) is 3.64. The van der Waals surface area contributed by atoms with Crippen LogP contribution in [0.5, 0.6) is 0 Å². The number of rotatable bonds is 6. The minimum absolute atomic E-state index is 0.0537. The molecule has 33 heavy (non-hydrogen) atoms. The Labute approximate surface area is 194 Å². The van der Waals surface area contributed by atoms with Crippen molar-refractivity contribution in [1.29, 1.82) is 0 Å². The van der Waals surface area contributed by atoms with Crippen molar-refractivity contribution in [2.75, 3.05) is 0 Å². The Morgan fingerprint density at radius 1 is 1.18 bits per heavy atom. The number of aromatic carboxylic acids is 1. The third-order valence-corrected chi connectivity index (χ3v) is 7.11. The monoisotopic (exact) mass is 466 g/mol. The number of carboxylic acids is 1. The Balaban J connectivity index is 2.18. The molecule has 0 aliphatic heterocycles. The van der Waals surface area contributed by atoms with E-state index in [0.29, 0.717) is 16.3 Å². The van der Waals surface area contributed by atoms with Crippen molar-refractivity contribution < 1.29 is 9.90 Å². The van der Waals surface area contributed by atoms with Gasteiger partial charge in [-0.3, -0.25) is 19.0 Å². The van der Waals surface area contributed by atoms with Crippen LogP contribution in [-0.2, 0) is 13.6 Å². The second kappa shape index (κ2) is 8.47. The number of carboxylic acid groups (broad SMARTS) is 1. The summed E-state index contributed by atoms with van der Waals surface area (Å²) in [4.78, 5) is 39.7. The molecule has 9 heteroatoms. The van der Waals surface area contributed by atoms with Crippen molar-refractivity contribution in [3.05, 3.63) is 84.1 Å². The maximum absolute atomic E-state index is 13.2. The standard InChI is InChI=1S/C24H26N4O4S/c1-12(2)11-28-22-19(21(29)27(5)24(28)32)18(23(30)31)20(33-22)17(15-9-7-6-8-10-15)16-13(3)25-26-14(16)4/h6-10,12,17H,11H2,1-5H3,(H,25,26)(H,30,31). The molecular formula is C24H26N4O4S. The first-order valence-electron chi connectivity index (χ1n) is 10.7. The van der Waals surface area contributed by atoms with Crippen molar-refractivity contribution in [2.24, 2.45) is 13.0 Å². The fourth-order valence-electron chi connectivity index (χ4n) is 4.37. The summed E-state index contributed by atoms with van der Waals surface area (Å²) < 4.78 is 2.53. The molecule has 1 unspecified atom stereocenters. The first-order valence-corrected chi connectivity index (χ1v) is 11.5. The third-order valence-electron chi connectivity index (χ3n) is 5.83. The zero-order valence-electron chi connectivity index (χ0n) is 19.2. The number of aromatic nitrogens is 4. The SMILES string of the molecule is Cc1n[nH]c(C)c1C(c1ccccc1)c1sc2c(c1C(=O)O)c(=O)n(C)c(=O)n2CC(C)C. The normalized spacial score (nSPS) is 12.5. The van der Waals surface area contributed by atoms with E-state index in [0.717, 1.165) is 27.1 Å². The van der Waals surface area contributed by atoms with E-state index in [1.54, 1.807) is 0 Å². The molecule has 0 fully saturated rings. The molecule has 0 radical (unpaired) electrons. The Hall–Kier alpha value is -3.46. The molecule has 0 amide bonds. The summed E-state index contributed by atoms with van der Waals surface area (Å²) in [6.07, 6.45) is 0. The molecule has 172 valence electrons. The fraction of sp³-hybridized carbons (Fsp3) is 0.333. The van der Waals surface area contributed by atoms with Crippen LogP contribution < -0.4 is 11.2 Å². The molecule has 3 heterocycles. The van der Waals surface area contributed by atoms with Crippen LogP contribution in [0.15, 0.2) is 39.9 Å². The topological polar surface area (TPSA) is 110 Å². The minimum Gasteiger partial charge on any atom is -0.478 e. The van der Waals surface area contributed by atoms with Gasteiger partial charge in [0.25, 0.3) is 5.56 Å². The van der Waals surface area contributed by atoms with Crippen molar-refractivity contribution in [1.82, 2.24) is 19.3 Å². The Bertz CT molecular complexity index is 1450. The van der Waals surface area contributed by atoms with Gasteiger partial charge >= 0.3 is 11.7 Å². The first kappa shape index (κ1) is 22.7. The zero-order chi connectivity index (χ0) is 24.0. The van der Waals surface area contributed by atoms with Gasteiger partial charge in [-0.2, -0.15) is 5.10 Å². The number of thiophene rings is 1. The van der Waals surface area contributed by atoms with Crippen molar-refractivity contribution in [2.45, 2.75) is 40.2 Å². The summed E-state index contributed by atoms with van der Waals surface area (Å²) in [5.41, 5.74) is 2.23. The van der Waals surface area contributed by atoms with E-state index < -0.39 is 23.1 Å². The van der Waals surface area contributed by atoms with E-state index in [1.165, 1.54) is 23.0 Å². The number of fused-ring (bicyclic) bond motifs is 1. The van der Waals surface area contributed by atoms with Crippen LogP contribution in [-0.4, -0.2) is 30.4 Å². The van der Waals surface area contributed by atoms with E-state index in [-0.39, 0.29) is 16.9 Å².